The van der Waals surface area contributed by atoms with Crippen LogP contribution in [0, 0.1) is 0 Å². The zero-order chi connectivity index (χ0) is 34.7. The van der Waals surface area contributed by atoms with Crippen molar-refractivity contribution in [2.45, 2.75) is 0 Å². The molecule has 0 spiro atoms. The molecule has 1 nitrogen and oxygen atoms in total. The molecule has 0 bridgehead atoms. The van der Waals surface area contributed by atoms with Crippen LogP contribution in [-0.2, 0) is 0 Å². The van der Waals surface area contributed by atoms with Crippen molar-refractivity contribution in [2.75, 3.05) is 4.90 Å². The number of rotatable bonds is 5. The Balaban J connectivity index is 1.41. The third-order valence-corrected chi connectivity index (χ3v) is 7.95. The van der Waals surface area contributed by atoms with E-state index in [1.54, 1.807) is 4.90 Å². The maximum Gasteiger partial charge on any atom is 0.0645 e. The second-order valence-electron chi connectivity index (χ2n) is 10.5. The second-order valence-corrected chi connectivity index (χ2v) is 10.5. The van der Waals surface area contributed by atoms with E-state index in [1.165, 1.54) is 0 Å². The van der Waals surface area contributed by atoms with Gasteiger partial charge in [-0.1, -0.05) is 145 Å². The molecule has 0 heterocycles. The second kappa shape index (κ2) is 10.6. The first-order chi connectivity index (χ1) is 24.2. The van der Waals surface area contributed by atoms with Gasteiger partial charge in [0.05, 0.1) is 15.3 Å². The summed E-state index contributed by atoms with van der Waals surface area (Å²) in [7, 11) is 0. The molecule has 202 valence electrons. The maximum atomic E-state index is 9.23. The summed E-state index contributed by atoms with van der Waals surface area (Å²) in [5.74, 6) is 0. The first-order valence-electron chi connectivity index (χ1n) is 17.7. The molecule has 0 aliphatic rings. The molecule has 0 atom stereocenters. The van der Waals surface area contributed by atoms with Crippen molar-refractivity contribution < 1.29 is 9.60 Å². The van der Waals surface area contributed by atoms with Crippen LogP contribution in [0.3, 0.4) is 0 Å². The fourth-order valence-corrected chi connectivity index (χ4v) is 5.93. The summed E-state index contributed by atoms with van der Waals surface area (Å²) < 4.78 is 61.4. The van der Waals surface area contributed by atoms with E-state index >= 15 is 0 Å². The van der Waals surface area contributed by atoms with E-state index < -0.39 is 30.2 Å². The minimum absolute atomic E-state index is 0.0238. The van der Waals surface area contributed by atoms with Crippen molar-refractivity contribution in [3.8, 4) is 22.3 Å². The van der Waals surface area contributed by atoms with Crippen LogP contribution in [0.5, 0.6) is 0 Å². The molecule has 0 fully saturated rings. The predicted molar refractivity (Wildman–Crippen MR) is 185 cm³/mol. The van der Waals surface area contributed by atoms with Crippen molar-refractivity contribution in [2.24, 2.45) is 0 Å². The topological polar surface area (TPSA) is 3.24 Å². The van der Waals surface area contributed by atoms with Gasteiger partial charge in [0.25, 0.3) is 0 Å². The van der Waals surface area contributed by atoms with E-state index in [-0.39, 0.29) is 28.5 Å². The van der Waals surface area contributed by atoms with Crippen LogP contribution < -0.4 is 4.90 Å². The molecule has 43 heavy (non-hydrogen) atoms. The zero-order valence-corrected chi connectivity index (χ0v) is 23.1. The zero-order valence-electron chi connectivity index (χ0n) is 30.1. The average molecular weight is 555 g/mol. The standard InChI is InChI=1S/C42H29N/c1-4-19-37-30(11-1)14-8-22-39(37)33-25-27-35(28-26-33)43(42-24-10-16-32-13-3-6-21-41(32)42)36-18-7-17-34(29-36)40-23-9-15-31-12-2-5-20-38(31)40/h1-29H/i3D,6D,10D,13D,16D,21D,24D. The van der Waals surface area contributed by atoms with Gasteiger partial charge >= 0.3 is 0 Å². The Kier molecular flexibility index (Phi) is 4.63. The molecular formula is C42H29N. The summed E-state index contributed by atoms with van der Waals surface area (Å²) in [6.07, 6.45) is 0. The Morgan fingerprint density at radius 2 is 1.00 bits per heavy atom. The predicted octanol–water partition coefficient (Wildman–Crippen LogP) is 11.9. The fraction of sp³-hybridized carbons (Fsp3) is 0. The van der Waals surface area contributed by atoms with Gasteiger partial charge in [0.1, 0.15) is 0 Å². The summed E-state index contributed by atoms with van der Waals surface area (Å²) in [6.45, 7) is 0. The molecule has 0 amide bonds. The highest BCUT2D eigenvalue weighted by Gasteiger charge is 2.17. The Labute approximate surface area is 261 Å². The number of benzene rings is 8. The lowest BCUT2D eigenvalue weighted by molar-refractivity contribution is 1.30. The van der Waals surface area contributed by atoms with Gasteiger partial charge in [-0.2, -0.15) is 0 Å². The van der Waals surface area contributed by atoms with Gasteiger partial charge in [0.2, 0.25) is 0 Å². The normalized spacial score (nSPS) is 13.5. The van der Waals surface area contributed by atoms with Gasteiger partial charge < -0.3 is 4.90 Å². The minimum Gasteiger partial charge on any atom is -0.310 e. The summed E-state index contributed by atoms with van der Waals surface area (Å²) >= 11 is 0. The molecular weight excluding hydrogens is 518 g/mol. The maximum absolute atomic E-state index is 9.23. The van der Waals surface area contributed by atoms with Crippen molar-refractivity contribution in [3.63, 3.8) is 0 Å². The number of fused-ring (bicyclic) bond motifs is 3. The molecule has 0 saturated heterocycles. The molecule has 8 rings (SSSR count). The van der Waals surface area contributed by atoms with Gasteiger partial charge in [-0.05, 0) is 79.5 Å². The summed E-state index contributed by atoms with van der Waals surface area (Å²) in [6, 6.07) is 41.5. The first kappa shape index (κ1) is 18.7. The number of anilines is 3. The van der Waals surface area contributed by atoms with Crippen molar-refractivity contribution in [1.29, 1.82) is 0 Å². The molecule has 0 aliphatic carbocycles. The van der Waals surface area contributed by atoms with Crippen LogP contribution >= 0.6 is 0 Å². The number of hydrogen-bond donors (Lipinski definition) is 0. The smallest absolute Gasteiger partial charge is 0.0645 e. The van der Waals surface area contributed by atoms with Crippen molar-refractivity contribution in [1.82, 2.24) is 0 Å². The van der Waals surface area contributed by atoms with Crippen LogP contribution in [0.1, 0.15) is 9.60 Å². The highest BCUT2D eigenvalue weighted by Crippen LogP contribution is 2.41. The van der Waals surface area contributed by atoms with Crippen LogP contribution in [0.15, 0.2) is 176 Å². The molecule has 8 aromatic carbocycles. The highest BCUT2D eigenvalue weighted by atomic mass is 15.1. The Bertz CT molecular complexity index is 2610. The van der Waals surface area contributed by atoms with Gasteiger partial charge in [-0.3, -0.25) is 0 Å². The molecule has 0 saturated carbocycles. The molecule has 0 unspecified atom stereocenters. The molecule has 0 aliphatic heterocycles. The Morgan fingerprint density at radius 1 is 0.395 bits per heavy atom. The molecule has 0 N–H and O–H groups in total. The third-order valence-electron chi connectivity index (χ3n) is 7.95. The van der Waals surface area contributed by atoms with Crippen LogP contribution in [-0.4, -0.2) is 0 Å². The lowest BCUT2D eigenvalue weighted by Gasteiger charge is -2.27. The van der Waals surface area contributed by atoms with Gasteiger partial charge in [0, 0.05) is 16.8 Å². The van der Waals surface area contributed by atoms with E-state index in [2.05, 4.69) is 48.5 Å². The number of nitrogens with zero attached hydrogens (tertiary/aromatic N) is 1. The minimum atomic E-state index is -0.483. The first-order valence-corrected chi connectivity index (χ1v) is 14.2. The molecule has 8 aromatic rings. The molecule has 0 radical (unpaired) electrons. The largest absolute Gasteiger partial charge is 0.310 e. The fourth-order valence-electron chi connectivity index (χ4n) is 5.93. The van der Waals surface area contributed by atoms with Crippen molar-refractivity contribution >= 4 is 49.4 Å². The van der Waals surface area contributed by atoms with Gasteiger partial charge in [-0.15, -0.1) is 0 Å². The lowest BCUT2D eigenvalue weighted by Crippen LogP contribution is -2.10. The SMILES string of the molecule is [2H]c1c([2H])c([2H])c2c(N(c3ccc(-c4cccc5ccccc45)cc3)c3cccc(-c4cccc5ccccc45)c3)c([2H])c([2H])c([2H])c2c1[2H]. The van der Waals surface area contributed by atoms with Crippen molar-refractivity contribution in [3.05, 3.63) is 176 Å². The number of hydrogen-bond acceptors (Lipinski definition) is 1. The van der Waals surface area contributed by atoms with Crippen LogP contribution in [0.25, 0.3) is 54.6 Å². The van der Waals surface area contributed by atoms with E-state index in [0.29, 0.717) is 11.4 Å². The van der Waals surface area contributed by atoms with Crippen LogP contribution in [0.4, 0.5) is 17.1 Å². The summed E-state index contributed by atoms with van der Waals surface area (Å²) in [4.78, 5) is 1.78. The van der Waals surface area contributed by atoms with E-state index in [0.717, 1.165) is 43.8 Å². The monoisotopic (exact) mass is 554 g/mol. The van der Waals surface area contributed by atoms with Gasteiger partial charge in [-0.25, -0.2) is 0 Å². The van der Waals surface area contributed by atoms with E-state index in [4.69, 9.17) is 8.22 Å². The quantitative estimate of drug-likeness (QED) is 0.204. The lowest BCUT2D eigenvalue weighted by atomic mass is 9.97. The van der Waals surface area contributed by atoms with E-state index in [1.807, 2.05) is 84.9 Å². The van der Waals surface area contributed by atoms with Crippen LogP contribution in [0.2, 0.25) is 0 Å². The van der Waals surface area contributed by atoms with Gasteiger partial charge in [0.15, 0.2) is 0 Å². The Hall–Kier alpha value is -5.66. The summed E-state index contributed by atoms with van der Waals surface area (Å²) in [5, 5.41) is 4.34. The third kappa shape index (κ3) is 4.52. The molecule has 0 aromatic heterocycles. The summed E-state index contributed by atoms with van der Waals surface area (Å²) in [5.41, 5.74) is 5.34. The highest BCUT2D eigenvalue weighted by molar-refractivity contribution is 6.01. The average Bonchev–Trinajstić information content (AvgIpc) is 3.16. The Morgan fingerprint density at radius 3 is 1.74 bits per heavy atom. The molecule has 1 heteroatoms. The van der Waals surface area contributed by atoms with E-state index in [9.17, 15) is 1.37 Å².